The molecular formula is C29H38F2. The van der Waals surface area contributed by atoms with Gasteiger partial charge in [-0.3, -0.25) is 0 Å². The minimum Gasteiger partial charge on any atom is -0.206 e. The lowest BCUT2D eigenvalue weighted by molar-refractivity contribution is 0.113. The van der Waals surface area contributed by atoms with E-state index in [1.807, 2.05) is 12.1 Å². The van der Waals surface area contributed by atoms with Gasteiger partial charge in [-0.2, -0.15) is 0 Å². The summed E-state index contributed by atoms with van der Waals surface area (Å²) in [5, 5.41) is 0.864. The molecule has 0 saturated heterocycles. The molecule has 2 aliphatic rings. The first-order valence-electron chi connectivity index (χ1n) is 12.6. The highest BCUT2D eigenvalue weighted by Crippen LogP contribution is 2.48. The fourth-order valence-corrected chi connectivity index (χ4v) is 6.36. The van der Waals surface area contributed by atoms with E-state index >= 15 is 4.39 Å². The Morgan fingerprint density at radius 1 is 1.00 bits per heavy atom. The van der Waals surface area contributed by atoms with Crippen LogP contribution in [-0.4, -0.2) is 0 Å². The fraction of sp³-hybridized carbons (Fsp3) is 0.586. The topological polar surface area (TPSA) is 0 Å². The van der Waals surface area contributed by atoms with Crippen molar-refractivity contribution in [3.63, 3.8) is 0 Å². The van der Waals surface area contributed by atoms with Crippen LogP contribution < -0.4 is 0 Å². The summed E-state index contributed by atoms with van der Waals surface area (Å²) in [5.41, 5.74) is 1.65. The number of aryl methyl sites for hydroxylation is 1. The predicted molar refractivity (Wildman–Crippen MR) is 127 cm³/mol. The molecule has 0 heterocycles. The van der Waals surface area contributed by atoms with E-state index in [1.165, 1.54) is 57.8 Å². The Hall–Kier alpha value is -1.70. The molecule has 2 heteroatoms. The quantitative estimate of drug-likeness (QED) is 0.293. The third-order valence-corrected chi connectivity index (χ3v) is 8.14. The van der Waals surface area contributed by atoms with Crippen molar-refractivity contribution in [3.8, 4) is 0 Å². The molecule has 0 amide bonds. The standard InChI is InChI=1S/C29H38F2/c1-3-5-7-8-20-10-11-23-17-24(14-13-22(23)16-20)26-18-25-15-12-21(9-6-4-2)29(31)28(25)27(30)19-26/h4,12,15,18-20,22-24H,2-3,5-11,13-14,16-17H2,1H3. The van der Waals surface area contributed by atoms with Gasteiger partial charge < -0.3 is 0 Å². The Morgan fingerprint density at radius 2 is 1.81 bits per heavy atom. The van der Waals surface area contributed by atoms with Crippen molar-refractivity contribution in [2.75, 3.05) is 0 Å². The van der Waals surface area contributed by atoms with Crippen LogP contribution in [0, 0.1) is 29.4 Å². The predicted octanol–water partition coefficient (Wildman–Crippen LogP) is 9.12. The van der Waals surface area contributed by atoms with Crippen LogP contribution in [0.25, 0.3) is 10.8 Å². The van der Waals surface area contributed by atoms with Crippen molar-refractivity contribution in [2.24, 2.45) is 17.8 Å². The van der Waals surface area contributed by atoms with Gasteiger partial charge in [-0.15, -0.1) is 6.58 Å². The van der Waals surface area contributed by atoms with E-state index in [-0.39, 0.29) is 5.39 Å². The highest BCUT2D eigenvalue weighted by atomic mass is 19.1. The average Bonchev–Trinajstić information content (AvgIpc) is 2.78. The van der Waals surface area contributed by atoms with E-state index in [2.05, 4.69) is 19.6 Å². The number of unbranched alkanes of at least 4 members (excludes halogenated alkanes) is 2. The van der Waals surface area contributed by atoms with Crippen LogP contribution in [0.1, 0.15) is 94.6 Å². The first kappa shape index (κ1) is 22.5. The van der Waals surface area contributed by atoms with Gasteiger partial charge in [0.15, 0.2) is 0 Å². The molecule has 0 radical (unpaired) electrons. The van der Waals surface area contributed by atoms with Crippen LogP contribution in [0.15, 0.2) is 36.9 Å². The maximum absolute atomic E-state index is 15.0. The summed E-state index contributed by atoms with van der Waals surface area (Å²) in [5.74, 6) is 2.21. The van der Waals surface area contributed by atoms with Gasteiger partial charge in [0.2, 0.25) is 0 Å². The maximum atomic E-state index is 15.0. The van der Waals surface area contributed by atoms with Gasteiger partial charge in [0.25, 0.3) is 0 Å². The molecular weight excluding hydrogens is 386 g/mol. The lowest BCUT2D eigenvalue weighted by atomic mass is 9.63. The SMILES string of the molecule is C=CCCc1ccc2cc(C3CCC4CC(CCCCC)CCC4C3)cc(F)c2c1F. The van der Waals surface area contributed by atoms with E-state index in [1.54, 1.807) is 12.1 Å². The highest BCUT2D eigenvalue weighted by molar-refractivity contribution is 5.85. The lowest BCUT2D eigenvalue weighted by Crippen LogP contribution is -2.30. The van der Waals surface area contributed by atoms with E-state index in [0.717, 1.165) is 29.7 Å². The molecule has 168 valence electrons. The summed E-state index contributed by atoms with van der Waals surface area (Å²) in [6.07, 6.45) is 16.3. The van der Waals surface area contributed by atoms with Gasteiger partial charge in [0, 0.05) is 0 Å². The molecule has 4 rings (SSSR count). The fourth-order valence-electron chi connectivity index (χ4n) is 6.36. The largest absolute Gasteiger partial charge is 0.206 e. The van der Waals surface area contributed by atoms with E-state index in [4.69, 9.17) is 0 Å². The minimum absolute atomic E-state index is 0.159. The van der Waals surface area contributed by atoms with Crippen molar-refractivity contribution >= 4 is 10.8 Å². The first-order valence-corrected chi connectivity index (χ1v) is 12.6. The Labute approximate surface area is 187 Å². The second-order valence-electron chi connectivity index (χ2n) is 10.2. The molecule has 0 bridgehead atoms. The van der Waals surface area contributed by atoms with Crippen LogP contribution in [0.2, 0.25) is 0 Å². The number of halogens is 2. The smallest absolute Gasteiger partial charge is 0.137 e. The van der Waals surface area contributed by atoms with Gasteiger partial charge in [0.1, 0.15) is 11.6 Å². The molecule has 0 aliphatic heterocycles. The number of hydrogen-bond acceptors (Lipinski definition) is 0. The van der Waals surface area contributed by atoms with Gasteiger partial charge >= 0.3 is 0 Å². The van der Waals surface area contributed by atoms with Gasteiger partial charge in [0.05, 0.1) is 5.39 Å². The van der Waals surface area contributed by atoms with Crippen LogP contribution in [0.4, 0.5) is 8.78 Å². The number of rotatable bonds is 8. The summed E-state index contributed by atoms with van der Waals surface area (Å²) in [6.45, 7) is 5.98. The van der Waals surface area contributed by atoms with Crippen molar-refractivity contribution in [3.05, 3.63) is 59.7 Å². The van der Waals surface area contributed by atoms with E-state index in [9.17, 15) is 4.39 Å². The minimum atomic E-state index is -0.396. The first-order chi connectivity index (χ1) is 15.1. The van der Waals surface area contributed by atoms with Gasteiger partial charge in [-0.25, -0.2) is 8.78 Å². The number of benzene rings is 2. The second kappa shape index (κ2) is 10.3. The zero-order valence-corrected chi connectivity index (χ0v) is 19.1. The molecule has 0 nitrogen and oxygen atoms in total. The molecule has 0 spiro atoms. The Morgan fingerprint density at radius 3 is 2.61 bits per heavy atom. The molecule has 2 aromatic rings. The molecule has 4 atom stereocenters. The summed E-state index contributed by atoms with van der Waals surface area (Å²) in [4.78, 5) is 0. The molecule has 2 saturated carbocycles. The summed E-state index contributed by atoms with van der Waals surface area (Å²) >= 11 is 0. The number of hydrogen-bond donors (Lipinski definition) is 0. The maximum Gasteiger partial charge on any atom is 0.137 e. The zero-order chi connectivity index (χ0) is 21.8. The summed E-state index contributed by atoms with van der Waals surface area (Å²) in [7, 11) is 0. The number of fused-ring (bicyclic) bond motifs is 2. The number of allylic oxidation sites excluding steroid dienone is 1. The van der Waals surface area contributed by atoms with Crippen molar-refractivity contribution in [1.82, 2.24) is 0 Å². The second-order valence-corrected chi connectivity index (χ2v) is 10.2. The van der Waals surface area contributed by atoms with Crippen LogP contribution in [0.3, 0.4) is 0 Å². The molecule has 2 aliphatic carbocycles. The van der Waals surface area contributed by atoms with Crippen molar-refractivity contribution < 1.29 is 8.78 Å². The normalized spacial score (nSPS) is 26.0. The molecule has 4 unspecified atom stereocenters. The van der Waals surface area contributed by atoms with Crippen LogP contribution in [-0.2, 0) is 6.42 Å². The van der Waals surface area contributed by atoms with Crippen LogP contribution in [0.5, 0.6) is 0 Å². The molecule has 0 aromatic heterocycles. The Bertz CT molecular complexity index is 899. The zero-order valence-electron chi connectivity index (χ0n) is 19.1. The van der Waals surface area contributed by atoms with Crippen molar-refractivity contribution in [1.29, 1.82) is 0 Å². The molecule has 31 heavy (non-hydrogen) atoms. The summed E-state index contributed by atoms with van der Waals surface area (Å²) in [6, 6.07) is 7.40. The molecule has 2 aromatic carbocycles. The van der Waals surface area contributed by atoms with Gasteiger partial charge in [-0.1, -0.05) is 63.3 Å². The monoisotopic (exact) mass is 424 g/mol. The third kappa shape index (κ3) is 5.04. The Balaban J connectivity index is 1.46. The molecule has 2 fully saturated rings. The van der Waals surface area contributed by atoms with E-state index in [0.29, 0.717) is 29.7 Å². The van der Waals surface area contributed by atoms with E-state index < -0.39 is 11.6 Å². The Kier molecular flexibility index (Phi) is 7.46. The average molecular weight is 425 g/mol. The van der Waals surface area contributed by atoms with Crippen molar-refractivity contribution in [2.45, 2.75) is 89.9 Å². The lowest BCUT2D eigenvalue weighted by Gasteiger charge is -2.42. The summed E-state index contributed by atoms with van der Waals surface area (Å²) < 4.78 is 30.0. The van der Waals surface area contributed by atoms with Crippen LogP contribution >= 0.6 is 0 Å². The highest BCUT2D eigenvalue weighted by Gasteiger charge is 2.36. The third-order valence-electron chi connectivity index (χ3n) is 8.14. The van der Waals surface area contributed by atoms with Gasteiger partial charge in [-0.05, 0) is 91.2 Å². The molecule has 0 N–H and O–H groups in total.